The molecule has 0 aliphatic heterocycles. The Kier molecular flexibility index (Phi) is 3.00. The number of hydrogen-bond donors (Lipinski definition) is 2. The van der Waals surface area contributed by atoms with Crippen LogP contribution in [0.15, 0.2) is 32.9 Å². The highest BCUT2D eigenvalue weighted by Crippen LogP contribution is 2.28. The van der Waals surface area contributed by atoms with Crippen molar-refractivity contribution in [2.75, 3.05) is 12.5 Å². The highest BCUT2D eigenvalue weighted by molar-refractivity contribution is 5.53. The number of benzene rings is 1. The van der Waals surface area contributed by atoms with E-state index in [0.717, 1.165) is 0 Å². The summed E-state index contributed by atoms with van der Waals surface area (Å²) in [5.74, 6) is 0.201. The van der Waals surface area contributed by atoms with Gasteiger partial charge >= 0.3 is 11.1 Å². The first kappa shape index (κ1) is 11.7. The third kappa shape index (κ3) is 2.17. The summed E-state index contributed by atoms with van der Waals surface area (Å²) in [6.07, 6.45) is 0. The summed E-state index contributed by atoms with van der Waals surface area (Å²) in [6, 6.07) is 4.40. The van der Waals surface area contributed by atoms with E-state index >= 15 is 0 Å². The van der Waals surface area contributed by atoms with Crippen molar-refractivity contribution in [2.24, 2.45) is 5.10 Å². The number of rotatable bonds is 3. The number of nitrogens with one attached hydrogen (secondary N) is 1. The fourth-order valence-electron chi connectivity index (χ4n) is 1.25. The molecule has 0 aliphatic carbocycles. The average Bonchev–Trinajstić information content (AvgIpc) is 2.67. The minimum atomic E-state index is -0.801. The maximum absolute atomic E-state index is 11.1. The molecule has 8 nitrogen and oxygen atoms in total. The van der Waals surface area contributed by atoms with Crippen molar-refractivity contribution in [2.45, 2.75) is 0 Å². The molecule has 92 valence electrons. The summed E-state index contributed by atoms with van der Waals surface area (Å²) in [6.45, 7) is 0. The van der Waals surface area contributed by atoms with Gasteiger partial charge in [-0.05, 0) is 12.1 Å². The van der Waals surface area contributed by atoms with Gasteiger partial charge in [0.2, 0.25) is 5.36 Å². The van der Waals surface area contributed by atoms with Gasteiger partial charge in [0, 0.05) is 6.07 Å². The zero-order valence-electron chi connectivity index (χ0n) is 9.25. The zero-order chi connectivity index (χ0) is 13.1. The number of phenolic OH excluding ortho intramolecular Hbond substituents is 1. The van der Waals surface area contributed by atoms with Crippen LogP contribution in [-0.2, 0) is 0 Å². The molecule has 2 aromatic rings. The Labute approximate surface area is 99.9 Å². The SMILES string of the molecule is COc1ccc(NN=c2c(=O)nnc2=O)cc1O. The molecule has 8 heteroatoms. The van der Waals surface area contributed by atoms with Crippen LogP contribution in [0.1, 0.15) is 0 Å². The lowest BCUT2D eigenvalue weighted by Crippen LogP contribution is -2.33. The van der Waals surface area contributed by atoms with Crippen LogP contribution in [0.5, 0.6) is 11.5 Å². The number of aromatic hydroxyl groups is 1. The molecule has 1 heterocycles. The number of hydrogen-bond acceptors (Lipinski definition) is 8. The fourth-order valence-corrected chi connectivity index (χ4v) is 1.25. The van der Waals surface area contributed by atoms with Crippen LogP contribution in [0.4, 0.5) is 5.69 Å². The topological polar surface area (TPSA) is 114 Å². The van der Waals surface area contributed by atoms with E-state index in [1.807, 2.05) is 0 Å². The number of anilines is 1. The molecule has 0 amide bonds. The van der Waals surface area contributed by atoms with Crippen molar-refractivity contribution in [3.8, 4) is 11.5 Å². The van der Waals surface area contributed by atoms with Crippen LogP contribution in [0.3, 0.4) is 0 Å². The molecule has 0 fully saturated rings. The number of methoxy groups -OCH3 is 1. The number of aromatic nitrogens is 2. The van der Waals surface area contributed by atoms with Gasteiger partial charge in [-0.1, -0.05) is 0 Å². The summed E-state index contributed by atoms with van der Waals surface area (Å²) in [5, 5.41) is 18.8. The molecule has 0 spiro atoms. The Morgan fingerprint density at radius 3 is 2.50 bits per heavy atom. The second-order valence-corrected chi connectivity index (χ2v) is 3.27. The molecule has 2 rings (SSSR count). The van der Waals surface area contributed by atoms with E-state index in [4.69, 9.17) is 4.74 Å². The first-order valence-corrected chi connectivity index (χ1v) is 4.83. The van der Waals surface area contributed by atoms with Crippen molar-refractivity contribution in [3.05, 3.63) is 44.3 Å². The van der Waals surface area contributed by atoms with E-state index in [1.54, 1.807) is 6.07 Å². The monoisotopic (exact) mass is 248 g/mol. The first-order chi connectivity index (χ1) is 8.61. The van der Waals surface area contributed by atoms with E-state index in [9.17, 15) is 14.7 Å². The molecule has 18 heavy (non-hydrogen) atoms. The Morgan fingerprint density at radius 1 is 1.28 bits per heavy atom. The van der Waals surface area contributed by atoms with Gasteiger partial charge in [-0.3, -0.25) is 15.0 Å². The van der Waals surface area contributed by atoms with Crippen LogP contribution in [0.2, 0.25) is 0 Å². The summed E-state index contributed by atoms with van der Waals surface area (Å²) in [4.78, 5) is 22.1. The van der Waals surface area contributed by atoms with Crippen LogP contribution >= 0.6 is 0 Å². The predicted molar refractivity (Wildman–Crippen MR) is 60.8 cm³/mol. The molecular weight excluding hydrogens is 240 g/mol. The predicted octanol–water partition coefficient (Wildman–Crippen LogP) is -1.29. The molecule has 1 aromatic carbocycles. The Bertz CT molecular complexity index is 688. The highest BCUT2D eigenvalue weighted by Gasteiger charge is 2.04. The summed E-state index contributed by atoms with van der Waals surface area (Å²) < 4.78 is 4.86. The molecule has 0 radical (unpaired) electrons. The van der Waals surface area contributed by atoms with Gasteiger partial charge < -0.3 is 9.84 Å². The van der Waals surface area contributed by atoms with Crippen molar-refractivity contribution >= 4 is 5.69 Å². The lowest BCUT2D eigenvalue weighted by atomic mass is 10.3. The van der Waals surface area contributed by atoms with Gasteiger partial charge in [-0.2, -0.15) is 5.10 Å². The third-order valence-corrected chi connectivity index (χ3v) is 2.11. The minimum Gasteiger partial charge on any atom is -0.504 e. The van der Waals surface area contributed by atoms with Crippen LogP contribution < -0.4 is 26.6 Å². The van der Waals surface area contributed by atoms with Crippen LogP contribution in [-0.4, -0.2) is 22.4 Å². The van der Waals surface area contributed by atoms with Gasteiger partial charge in [-0.25, -0.2) is 0 Å². The minimum absolute atomic E-state index is 0.0962. The van der Waals surface area contributed by atoms with Crippen molar-refractivity contribution < 1.29 is 9.84 Å². The molecule has 2 N–H and O–H groups in total. The van der Waals surface area contributed by atoms with Gasteiger partial charge in [0.25, 0.3) is 0 Å². The van der Waals surface area contributed by atoms with Gasteiger partial charge in [0.05, 0.1) is 12.8 Å². The average molecular weight is 248 g/mol. The molecule has 1 aromatic heterocycles. The number of phenols is 1. The van der Waals surface area contributed by atoms with Crippen LogP contribution in [0, 0.1) is 0 Å². The largest absolute Gasteiger partial charge is 0.504 e. The van der Waals surface area contributed by atoms with Gasteiger partial charge in [0.15, 0.2) is 11.5 Å². The summed E-state index contributed by atoms with van der Waals surface area (Å²) in [5.41, 5.74) is 1.23. The van der Waals surface area contributed by atoms with E-state index in [2.05, 4.69) is 20.7 Å². The lowest BCUT2D eigenvalue weighted by Gasteiger charge is -2.04. The number of ether oxygens (including phenoxy) is 1. The molecule has 0 atom stereocenters. The normalized spacial score (nSPS) is 10.1. The molecular formula is C10H8N4O4. The van der Waals surface area contributed by atoms with Crippen molar-refractivity contribution in [1.82, 2.24) is 10.2 Å². The lowest BCUT2D eigenvalue weighted by molar-refractivity contribution is 0.373. The van der Waals surface area contributed by atoms with E-state index in [-0.39, 0.29) is 5.75 Å². The van der Waals surface area contributed by atoms with Crippen molar-refractivity contribution in [3.63, 3.8) is 0 Å². The molecule has 0 unspecified atom stereocenters. The quantitative estimate of drug-likeness (QED) is 0.650. The van der Waals surface area contributed by atoms with Gasteiger partial charge in [0.1, 0.15) is 0 Å². The Morgan fingerprint density at radius 2 is 1.94 bits per heavy atom. The van der Waals surface area contributed by atoms with Gasteiger partial charge in [-0.15, -0.1) is 10.2 Å². The molecule has 0 saturated heterocycles. The van der Waals surface area contributed by atoms with Crippen molar-refractivity contribution in [1.29, 1.82) is 0 Å². The molecule has 0 bridgehead atoms. The first-order valence-electron chi connectivity index (χ1n) is 4.83. The summed E-state index contributed by atoms with van der Waals surface area (Å²) >= 11 is 0. The smallest absolute Gasteiger partial charge is 0.321 e. The second kappa shape index (κ2) is 4.62. The Balaban J connectivity index is 2.31. The zero-order valence-corrected chi connectivity index (χ0v) is 9.25. The maximum Gasteiger partial charge on any atom is 0.321 e. The highest BCUT2D eigenvalue weighted by atomic mass is 16.5. The molecule has 0 saturated carbocycles. The second-order valence-electron chi connectivity index (χ2n) is 3.27. The van der Waals surface area contributed by atoms with Crippen LogP contribution in [0.25, 0.3) is 0 Å². The third-order valence-electron chi connectivity index (χ3n) is 2.11. The fraction of sp³-hybridized carbons (Fsp3) is 0.100. The summed E-state index contributed by atoms with van der Waals surface area (Å²) in [7, 11) is 1.42. The van der Waals surface area contributed by atoms with E-state index in [1.165, 1.54) is 19.2 Å². The molecule has 0 aliphatic rings. The van der Waals surface area contributed by atoms with E-state index < -0.39 is 16.5 Å². The maximum atomic E-state index is 11.1. The Hall–Kier alpha value is -2.77. The van der Waals surface area contributed by atoms with E-state index in [0.29, 0.717) is 11.4 Å². The number of nitrogens with zero attached hydrogens (tertiary/aromatic N) is 3. The standard InChI is InChI=1S/C10H8N4O4/c1-18-7-3-2-5(4-6(7)15)11-12-8-9(16)13-14-10(8)17/h2-4,11,15H,1H3.